The molecule has 2 aromatic rings. The van der Waals surface area contributed by atoms with Gasteiger partial charge in [0.15, 0.2) is 0 Å². The third-order valence-electron chi connectivity index (χ3n) is 2.60. The van der Waals surface area contributed by atoms with Crippen LogP contribution < -0.4 is 5.32 Å². The molecule has 0 saturated heterocycles. The zero-order chi connectivity index (χ0) is 12.3. The van der Waals surface area contributed by atoms with Gasteiger partial charge in [0.25, 0.3) is 0 Å². The molecular weight excluding hydrogens is 236 g/mol. The first kappa shape index (κ1) is 11.8. The van der Waals surface area contributed by atoms with Crippen molar-refractivity contribution in [3.05, 3.63) is 34.5 Å². The normalized spacial score (nSPS) is 12.4. The summed E-state index contributed by atoms with van der Waals surface area (Å²) in [5.41, 5.74) is 1.21. The highest BCUT2D eigenvalue weighted by atomic mass is 32.1. The van der Waals surface area contributed by atoms with Crippen LogP contribution in [0.3, 0.4) is 0 Å². The highest BCUT2D eigenvalue weighted by molar-refractivity contribution is 7.10. The van der Waals surface area contributed by atoms with Gasteiger partial charge in [0.2, 0.25) is 5.91 Å². The van der Waals surface area contributed by atoms with Gasteiger partial charge in [-0.25, -0.2) is 9.67 Å². The molecule has 2 aromatic heterocycles. The van der Waals surface area contributed by atoms with Crippen LogP contribution in [0.25, 0.3) is 0 Å². The Kier molecular flexibility index (Phi) is 3.53. The van der Waals surface area contributed by atoms with Crippen LogP contribution in [0.15, 0.2) is 24.1 Å². The second kappa shape index (κ2) is 5.09. The SMILES string of the molecule is Cc1ccsc1CNC(=O)C(C)n1cncn1. The fourth-order valence-corrected chi connectivity index (χ4v) is 2.28. The molecule has 0 fully saturated rings. The average Bonchev–Trinajstić information content (AvgIpc) is 2.96. The van der Waals surface area contributed by atoms with Crippen LogP contribution in [0.1, 0.15) is 23.4 Å². The van der Waals surface area contributed by atoms with Crippen molar-refractivity contribution in [2.75, 3.05) is 0 Å². The second-order valence-electron chi connectivity index (χ2n) is 3.80. The Morgan fingerprint density at radius 1 is 1.65 bits per heavy atom. The van der Waals surface area contributed by atoms with Crippen LogP contribution in [0, 0.1) is 6.92 Å². The zero-order valence-corrected chi connectivity index (χ0v) is 10.6. The molecule has 0 spiro atoms. The van der Waals surface area contributed by atoms with E-state index in [-0.39, 0.29) is 11.9 Å². The monoisotopic (exact) mass is 250 g/mol. The molecule has 90 valence electrons. The molecule has 0 aromatic carbocycles. The van der Waals surface area contributed by atoms with E-state index >= 15 is 0 Å². The molecule has 1 unspecified atom stereocenters. The lowest BCUT2D eigenvalue weighted by atomic mass is 10.3. The summed E-state index contributed by atoms with van der Waals surface area (Å²) in [7, 11) is 0. The Morgan fingerprint density at radius 3 is 3.06 bits per heavy atom. The highest BCUT2D eigenvalue weighted by Gasteiger charge is 2.15. The maximum Gasteiger partial charge on any atom is 0.244 e. The molecule has 5 nitrogen and oxygen atoms in total. The Morgan fingerprint density at radius 2 is 2.47 bits per heavy atom. The summed E-state index contributed by atoms with van der Waals surface area (Å²) in [5, 5.41) is 8.87. The van der Waals surface area contributed by atoms with E-state index in [1.807, 2.05) is 18.4 Å². The van der Waals surface area contributed by atoms with Crippen molar-refractivity contribution < 1.29 is 4.79 Å². The number of aryl methyl sites for hydroxylation is 1. The Labute approximate surface area is 103 Å². The molecule has 1 atom stereocenters. The summed E-state index contributed by atoms with van der Waals surface area (Å²) in [6.07, 6.45) is 2.97. The molecule has 0 aliphatic carbocycles. The quantitative estimate of drug-likeness (QED) is 0.895. The first-order chi connectivity index (χ1) is 8.18. The van der Waals surface area contributed by atoms with Gasteiger partial charge < -0.3 is 5.32 Å². The minimum absolute atomic E-state index is 0.0525. The van der Waals surface area contributed by atoms with E-state index in [4.69, 9.17) is 0 Å². The van der Waals surface area contributed by atoms with Gasteiger partial charge in [-0.05, 0) is 30.9 Å². The summed E-state index contributed by atoms with van der Waals surface area (Å²) < 4.78 is 1.54. The maximum atomic E-state index is 11.9. The van der Waals surface area contributed by atoms with Crippen molar-refractivity contribution in [3.8, 4) is 0 Å². The minimum atomic E-state index is -0.335. The number of amides is 1. The van der Waals surface area contributed by atoms with Gasteiger partial charge in [0.05, 0.1) is 6.54 Å². The van der Waals surface area contributed by atoms with Gasteiger partial charge >= 0.3 is 0 Å². The predicted octanol–water partition coefficient (Wildman–Crippen LogP) is 1.53. The third kappa shape index (κ3) is 2.71. The van der Waals surface area contributed by atoms with Crippen LogP contribution in [0.2, 0.25) is 0 Å². The maximum absolute atomic E-state index is 11.9. The standard InChI is InChI=1S/C11H14N4OS/c1-8-3-4-17-10(8)5-13-11(16)9(2)15-7-12-6-14-15/h3-4,6-7,9H,5H2,1-2H3,(H,13,16). The van der Waals surface area contributed by atoms with Gasteiger partial charge in [-0.3, -0.25) is 4.79 Å². The van der Waals surface area contributed by atoms with Gasteiger partial charge in [-0.1, -0.05) is 0 Å². The lowest BCUT2D eigenvalue weighted by Gasteiger charge is -2.11. The van der Waals surface area contributed by atoms with E-state index in [2.05, 4.69) is 15.4 Å². The van der Waals surface area contributed by atoms with E-state index in [1.54, 1.807) is 24.6 Å². The van der Waals surface area contributed by atoms with Gasteiger partial charge in [0, 0.05) is 4.88 Å². The van der Waals surface area contributed by atoms with Gasteiger partial charge in [-0.15, -0.1) is 11.3 Å². The predicted molar refractivity (Wildman–Crippen MR) is 65.6 cm³/mol. The molecule has 0 bridgehead atoms. The van der Waals surface area contributed by atoms with E-state index in [0.29, 0.717) is 6.54 Å². The van der Waals surface area contributed by atoms with Gasteiger partial charge in [-0.2, -0.15) is 5.10 Å². The molecular formula is C11H14N4OS. The van der Waals surface area contributed by atoms with Crippen LogP contribution in [0.4, 0.5) is 0 Å². The Bertz CT molecular complexity index is 491. The molecule has 17 heavy (non-hydrogen) atoms. The number of carbonyl (C=O) groups excluding carboxylic acids is 1. The van der Waals surface area contributed by atoms with Crippen molar-refractivity contribution >= 4 is 17.2 Å². The van der Waals surface area contributed by atoms with E-state index in [9.17, 15) is 4.79 Å². The van der Waals surface area contributed by atoms with E-state index in [1.165, 1.54) is 21.4 Å². The molecule has 1 N–H and O–H groups in total. The number of nitrogens with one attached hydrogen (secondary N) is 1. The molecule has 1 amide bonds. The van der Waals surface area contributed by atoms with Crippen LogP contribution >= 0.6 is 11.3 Å². The van der Waals surface area contributed by atoms with Gasteiger partial charge in [0.1, 0.15) is 18.7 Å². The number of thiophene rings is 1. The van der Waals surface area contributed by atoms with Crippen molar-refractivity contribution in [2.45, 2.75) is 26.4 Å². The lowest BCUT2D eigenvalue weighted by molar-refractivity contribution is -0.124. The number of nitrogens with zero attached hydrogens (tertiary/aromatic N) is 3. The van der Waals surface area contributed by atoms with Crippen molar-refractivity contribution in [1.29, 1.82) is 0 Å². The van der Waals surface area contributed by atoms with E-state index in [0.717, 1.165) is 0 Å². The fraction of sp³-hybridized carbons (Fsp3) is 0.364. The molecule has 0 aliphatic heterocycles. The molecule has 6 heteroatoms. The smallest absolute Gasteiger partial charge is 0.244 e. The first-order valence-corrected chi connectivity index (χ1v) is 6.21. The largest absolute Gasteiger partial charge is 0.349 e. The topological polar surface area (TPSA) is 59.8 Å². The summed E-state index contributed by atoms with van der Waals surface area (Å²) in [6.45, 7) is 4.41. The Hall–Kier alpha value is -1.69. The second-order valence-corrected chi connectivity index (χ2v) is 4.80. The summed E-state index contributed by atoms with van der Waals surface area (Å²) >= 11 is 1.65. The molecule has 0 aliphatic rings. The minimum Gasteiger partial charge on any atom is -0.349 e. The number of rotatable bonds is 4. The first-order valence-electron chi connectivity index (χ1n) is 5.33. The zero-order valence-electron chi connectivity index (χ0n) is 9.75. The van der Waals surface area contributed by atoms with Crippen molar-refractivity contribution in [2.24, 2.45) is 0 Å². The van der Waals surface area contributed by atoms with Crippen LogP contribution in [-0.4, -0.2) is 20.7 Å². The average molecular weight is 250 g/mol. The number of hydrogen-bond acceptors (Lipinski definition) is 4. The lowest BCUT2D eigenvalue weighted by Crippen LogP contribution is -2.30. The molecule has 0 radical (unpaired) electrons. The van der Waals surface area contributed by atoms with Crippen molar-refractivity contribution in [1.82, 2.24) is 20.1 Å². The number of hydrogen-bond donors (Lipinski definition) is 1. The van der Waals surface area contributed by atoms with E-state index < -0.39 is 0 Å². The molecule has 2 rings (SSSR count). The Balaban J connectivity index is 1.92. The fourth-order valence-electron chi connectivity index (χ4n) is 1.44. The molecule has 0 saturated carbocycles. The molecule has 2 heterocycles. The highest BCUT2D eigenvalue weighted by Crippen LogP contribution is 2.15. The summed E-state index contributed by atoms with van der Waals surface area (Å²) in [4.78, 5) is 16.9. The van der Waals surface area contributed by atoms with Crippen LogP contribution in [-0.2, 0) is 11.3 Å². The number of carbonyl (C=O) groups is 1. The third-order valence-corrected chi connectivity index (χ3v) is 3.63. The summed E-state index contributed by atoms with van der Waals surface area (Å²) in [5.74, 6) is -0.0525. The van der Waals surface area contributed by atoms with Crippen molar-refractivity contribution in [3.63, 3.8) is 0 Å². The van der Waals surface area contributed by atoms with Crippen LogP contribution in [0.5, 0.6) is 0 Å². The summed E-state index contributed by atoms with van der Waals surface area (Å²) in [6, 6.07) is 1.71. The number of aromatic nitrogens is 3.